The first-order chi connectivity index (χ1) is 9.06. The highest BCUT2D eigenvalue weighted by molar-refractivity contribution is 9.11. The average molecular weight is 360 g/mol. The molecule has 2 N–H and O–H groups in total. The lowest BCUT2D eigenvalue weighted by Gasteiger charge is -2.06. The fraction of sp³-hybridized carbons (Fsp3) is 0. The van der Waals surface area contributed by atoms with E-state index in [1.54, 1.807) is 30.3 Å². The molecule has 0 saturated carbocycles. The van der Waals surface area contributed by atoms with Crippen molar-refractivity contribution in [2.45, 2.75) is 0 Å². The lowest BCUT2D eigenvalue weighted by molar-refractivity contribution is 0.0849. The van der Waals surface area contributed by atoms with Gasteiger partial charge in [-0.2, -0.15) is 0 Å². The molecule has 0 saturated heterocycles. The summed E-state index contributed by atoms with van der Waals surface area (Å²) >= 11 is 10.3. The van der Waals surface area contributed by atoms with E-state index >= 15 is 0 Å². The Bertz CT molecular complexity index is 630. The van der Waals surface area contributed by atoms with Gasteiger partial charge in [-0.05, 0) is 46.3 Å². The summed E-state index contributed by atoms with van der Waals surface area (Å²) in [4.78, 5) is 23.9. The van der Waals surface area contributed by atoms with E-state index in [2.05, 4.69) is 26.8 Å². The summed E-state index contributed by atoms with van der Waals surface area (Å²) in [6.45, 7) is 0. The van der Waals surface area contributed by atoms with Crippen LogP contribution >= 0.6 is 38.9 Å². The minimum atomic E-state index is -0.425. The molecular weight excluding hydrogens is 352 g/mol. The number of hydrogen-bond acceptors (Lipinski definition) is 3. The number of hydrogen-bond donors (Lipinski definition) is 2. The lowest BCUT2D eigenvalue weighted by atomic mass is 10.2. The highest BCUT2D eigenvalue weighted by Crippen LogP contribution is 2.21. The number of amides is 2. The van der Waals surface area contributed by atoms with Crippen LogP contribution in [-0.2, 0) is 0 Å². The van der Waals surface area contributed by atoms with Gasteiger partial charge in [0.05, 0.1) is 8.66 Å². The number of carbonyl (C=O) groups is 2. The Morgan fingerprint density at radius 2 is 1.84 bits per heavy atom. The molecule has 0 radical (unpaired) electrons. The second-order valence-corrected chi connectivity index (χ2v) is 6.42. The summed E-state index contributed by atoms with van der Waals surface area (Å²) in [7, 11) is 0. The van der Waals surface area contributed by atoms with Gasteiger partial charge >= 0.3 is 0 Å². The van der Waals surface area contributed by atoms with Crippen LogP contribution in [0.15, 0.2) is 40.2 Å². The molecule has 0 spiro atoms. The molecule has 19 heavy (non-hydrogen) atoms. The lowest BCUT2D eigenvalue weighted by Crippen LogP contribution is -2.41. The number of thiophene rings is 1. The summed E-state index contributed by atoms with van der Waals surface area (Å²) < 4.78 is 0.846. The maximum Gasteiger partial charge on any atom is 0.279 e. The zero-order chi connectivity index (χ0) is 13.8. The van der Waals surface area contributed by atoms with E-state index in [4.69, 9.17) is 11.6 Å². The van der Waals surface area contributed by atoms with Crippen molar-refractivity contribution < 1.29 is 9.59 Å². The summed E-state index contributed by atoms with van der Waals surface area (Å²) in [6.07, 6.45) is 0. The third kappa shape index (κ3) is 3.79. The number of rotatable bonds is 2. The monoisotopic (exact) mass is 358 g/mol. The quantitative estimate of drug-likeness (QED) is 0.809. The Balaban J connectivity index is 1.95. The molecule has 0 aliphatic heterocycles. The molecule has 0 aliphatic rings. The summed E-state index contributed by atoms with van der Waals surface area (Å²) in [6, 6.07) is 9.88. The fourth-order valence-electron chi connectivity index (χ4n) is 1.31. The Hall–Kier alpha value is -1.37. The van der Waals surface area contributed by atoms with Crippen molar-refractivity contribution in [2.24, 2.45) is 0 Å². The first-order valence-corrected chi connectivity index (χ1v) is 7.16. The van der Waals surface area contributed by atoms with Crippen molar-refractivity contribution in [1.82, 2.24) is 10.9 Å². The van der Waals surface area contributed by atoms with Gasteiger partial charge in [0.15, 0.2) is 0 Å². The van der Waals surface area contributed by atoms with Crippen molar-refractivity contribution >= 4 is 50.7 Å². The van der Waals surface area contributed by atoms with Crippen LogP contribution in [0.4, 0.5) is 0 Å². The zero-order valence-electron chi connectivity index (χ0n) is 9.44. The van der Waals surface area contributed by atoms with E-state index in [1.165, 1.54) is 17.4 Å². The standard InChI is InChI=1S/C12H8BrClN2O2S/c13-10-5-4-9(19-10)12(18)16-15-11(17)7-2-1-3-8(14)6-7/h1-6H,(H,15,17)(H,16,18). The predicted octanol–water partition coefficient (Wildman–Crippen LogP) is 3.24. The van der Waals surface area contributed by atoms with E-state index in [0.29, 0.717) is 15.5 Å². The normalized spacial score (nSPS) is 10.0. The van der Waals surface area contributed by atoms with Crippen molar-refractivity contribution in [2.75, 3.05) is 0 Å². The van der Waals surface area contributed by atoms with Gasteiger partial charge in [0.1, 0.15) is 0 Å². The van der Waals surface area contributed by atoms with Crippen LogP contribution in [0.5, 0.6) is 0 Å². The SMILES string of the molecule is O=C(NNC(=O)c1ccc(Br)s1)c1cccc(Cl)c1. The molecule has 0 unspecified atom stereocenters. The van der Waals surface area contributed by atoms with E-state index in [1.807, 2.05) is 0 Å². The molecular formula is C12H8BrClN2O2S. The van der Waals surface area contributed by atoms with Crippen LogP contribution in [0.2, 0.25) is 5.02 Å². The van der Waals surface area contributed by atoms with Gasteiger partial charge in [0.2, 0.25) is 0 Å². The molecule has 7 heteroatoms. The van der Waals surface area contributed by atoms with Gasteiger partial charge in [-0.1, -0.05) is 17.7 Å². The number of halogens is 2. The fourth-order valence-corrected chi connectivity index (χ4v) is 2.78. The van der Waals surface area contributed by atoms with Gasteiger partial charge in [-0.15, -0.1) is 11.3 Å². The predicted molar refractivity (Wildman–Crippen MR) is 78.4 cm³/mol. The van der Waals surface area contributed by atoms with Crippen LogP contribution < -0.4 is 10.9 Å². The van der Waals surface area contributed by atoms with E-state index in [9.17, 15) is 9.59 Å². The average Bonchev–Trinajstić information content (AvgIpc) is 2.82. The Kier molecular flexibility index (Phi) is 4.57. The third-order valence-corrected chi connectivity index (χ3v) is 4.03. The molecule has 0 atom stereocenters. The Morgan fingerprint density at radius 3 is 2.47 bits per heavy atom. The van der Waals surface area contributed by atoms with Crippen LogP contribution in [0.25, 0.3) is 0 Å². The highest BCUT2D eigenvalue weighted by atomic mass is 79.9. The van der Waals surface area contributed by atoms with Crippen molar-refractivity contribution in [3.8, 4) is 0 Å². The molecule has 2 aromatic rings. The molecule has 1 aromatic carbocycles. The Morgan fingerprint density at radius 1 is 1.11 bits per heavy atom. The van der Waals surface area contributed by atoms with Gasteiger partial charge < -0.3 is 0 Å². The maximum absolute atomic E-state index is 11.7. The first kappa shape index (κ1) is 14.0. The van der Waals surface area contributed by atoms with Gasteiger partial charge in [-0.25, -0.2) is 0 Å². The van der Waals surface area contributed by atoms with Gasteiger partial charge in [0.25, 0.3) is 11.8 Å². The van der Waals surface area contributed by atoms with E-state index in [0.717, 1.165) is 3.79 Å². The minimum absolute atomic E-state index is 0.369. The number of benzene rings is 1. The molecule has 0 bridgehead atoms. The molecule has 4 nitrogen and oxygen atoms in total. The topological polar surface area (TPSA) is 58.2 Å². The Labute approximate surface area is 126 Å². The van der Waals surface area contributed by atoms with E-state index < -0.39 is 5.91 Å². The molecule has 1 aromatic heterocycles. The molecule has 1 heterocycles. The molecule has 2 amide bonds. The summed E-state index contributed by atoms with van der Waals surface area (Å²) in [5, 5.41) is 0.459. The van der Waals surface area contributed by atoms with Crippen molar-refractivity contribution in [3.05, 3.63) is 55.6 Å². The van der Waals surface area contributed by atoms with Gasteiger partial charge in [0, 0.05) is 10.6 Å². The second kappa shape index (κ2) is 6.18. The van der Waals surface area contributed by atoms with Gasteiger partial charge in [-0.3, -0.25) is 20.4 Å². The van der Waals surface area contributed by atoms with Crippen LogP contribution in [0.3, 0.4) is 0 Å². The van der Waals surface area contributed by atoms with Crippen molar-refractivity contribution in [1.29, 1.82) is 0 Å². The number of hydrazine groups is 1. The molecule has 98 valence electrons. The zero-order valence-corrected chi connectivity index (χ0v) is 12.6. The van der Waals surface area contributed by atoms with Crippen LogP contribution in [-0.4, -0.2) is 11.8 Å². The number of nitrogens with one attached hydrogen (secondary N) is 2. The van der Waals surface area contributed by atoms with Crippen LogP contribution in [0.1, 0.15) is 20.0 Å². The number of carbonyl (C=O) groups excluding carboxylic acids is 2. The minimum Gasteiger partial charge on any atom is -0.267 e. The molecule has 0 aliphatic carbocycles. The molecule has 2 rings (SSSR count). The summed E-state index contributed by atoms with van der Waals surface area (Å²) in [5.74, 6) is -0.794. The third-order valence-electron chi connectivity index (χ3n) is 2.17. The highest BCUT2D eigenvalue weighted by Gasteiger charge is 2.10. The second-order valence-electron chi connectivity index (χ2n) is 3.52. The van der Waals surface area contributed by atoms with E-state index in [-0.39, 0.29) is 5.91 Å². The molecule has 0 fully saturated rings. The first-order valence-electron chi connectivity index (χ1n) is 5.18. The van der Waals surface area contributed by atoms with Crippen molar-refractivity contribution in [3.63, 3.8) is 0 Å². The summed E-state index contributed by atoms with van der Waals surface area (Å²) in [5.41, 5.74) is 5.04. The maximum atomic E-state index is 11.7. The largest absolute Gasteiger partial charge is 0.279 e. The smallest absolute Gasteiger partial charge is 0.267 e. The van der Waals surface area contributed by atoms with Crippen LogP contribution in [0, 0.1) is 0 Å².